The molecule has 0 saturated carbocycles. The minimum Gasteiger partial charge on any atom is -0.487 e. The Morgan fingerprint density at radius 3 is 2.66 bits per heavy atom. The van der Waals surface area contributed by atoms with Crippen molar-refractivity contribution in [1.29, 1.82) is 0 Å². The van der Waals surface area contributed by atoms with Crippen LogP contribution in [0.4, 0.5) is 4.79 Å². The summed E-state index contributed by atoms with van der Waals surface area (Å²) in [6.07, 6.45) is 3.80. The van der Waals surface area contributed by atoms with Crippen molar-refractivity contribution in [3.05, 3.63) is 82.6 Å². The van der Waals surface area contributed by atoms with E-state index in [9.17, 15) is 9.59 Å². The lowest BCUT2D eigenvalue weighted by Gasteiger charge is -2.46. The molecule has 2 aliphatic rings. The molecule has 35 heavy (non-hydrogen) atoms. The van der Waals surface area contributed by atoms with Gasteiger partial charge < -0.3 is 14.7 Å². The number of rotatable bonds is 5. The van der Waals surface area contributed by atoms with Gasteiger partial charge in [0, 0.05) is 44.0 Å². The van der Waals surface area contributed by atoms with Gasteiger partial charge in [0.2, 0.25) is 0 Å². The molecule has 2 fully saturated rings. The summed E-state index contributed by atoms with van der Waals surface area (Å²) in [6.45, 7) is 3.32. The number of piperazine rings is 1. The Balaban J connectivity index is 1.22. The summed E-state index contributed by atoms with van der Waals surface area (Å²) in [4.78, 5) is 28.8. The summed E-state index contributed by atoms with van der Waals surface area (Å²) >= 11 is 6.57. The van der Waals surface area contributed by atoms with E-state index in [2.05, 4.69) is 40.3 Å². The van der Waals surface area contributed by atoms with Gasteiger partial charge in [-0.05, 0) is 36.5 Å². The standard InChI is InChI=1S/C26H27ClN4O4/c27-24-22(7-4-8-23(24)35-17-18-13-28-31(14-18)26(33)34)25(32)30-12-11-29-15-20(9-10-21(29)16-30)19-5-2-1-3-6-19/h1-8,13-14,20-21H,9-12,15-17H2,(H,33,34)/t20-,21+/m0/s1. The fourth-order valence-electron chi connectivity index (χ4n) is 5.01. The van der Waals surface area contributed by atoms with Crippen molar-refractivity contribution in [2.24, 2.45) is 0 Å². The molecule has 3 heterocycles. The molecule has 0 aliphatic carbocycles. The largest absolute Gasteiger partial charge is 0.487 e. The molecule has 5 rings (SSSR count). The number of carboxylic acid groups (broad SMARTS) is 1. The van der Waals surface area contributed by atoms with Crippen LogP contribution in [0.3, 0.4) is 0 Å². The molecule has 2 atom stereocenters. The SMILES string of the molecule is O=C(c1cccc(OCc2cnn(C(=O)O)c2)c1Cl)N1CCN2C[C@@H](c3ccccc3)CC[C@@H]2C1. The molecule has 1 N–H and O–H groups in total. The highest BCUT2D eigenvalue weighted by Gasteiger charge is 2.35. The summed E-state index contributed by atoms with van der Waals surface area (Å²) in [5.74, 6) is 0.826. The molecule has 2 aromatic carbocycles. The zero-order chi connectivity index (χ0) is 24.4. The van der Waals surface area contributed by atoms with Crippen molar-refractivity contribution in [3.8, 4) is 5.75 Å². The summed E-state index contributed by atoms with van der Waals surface area (Å²) in [5.41, 5.74) is 2.39. The third kappa shape index (κ3) is 5.04. The van der Waals surface area contributed by atoms with Crippen LogP contribution in [0.1, 0.15) is 40.2 Å². The van der Waals surface area contributed by atoms with E-state index in [4.69, 9.17) is 21.4 Å². The van der Waals surface area contributed by atoms with E-state index in [1.54, 1.807) is 18.2 Å². The van der Waals surface area contributed by atoms with Crippen LogP contribution in [0.15, 0.2) is 60.9 Å². The van der Waals surface area contributed by atoms with Gasteiger partial charge in [-0.3, -0.25) is 9.69 Å². The third-order valence-corrected chi connectivity index (χ3v) is 7.28. The van der Waals surface area contributed by atoms with Gasteiger partial charge in [0.05, 0.1) is 16.8 Å². The summed E-state index contributed by atoms with van der Waals surface area (Å²) < 4.78 is 6.59. The quantitative estimate of drug-likeness (QED) is 0.567. The topological polar surface area (TPSA) is 87.9 Å². The van der Waals surface area contributed by atoms with Crippen LogP contribution in [0.25, 0.3) is 0 Å². The number of benzene rings is 2. The molecule has 0 unspecified atom stereocenters. The number of carbonyl (C=O) groups excluding carboxylic acids is 1. The molecule has 182 valence electrons. The molecule has 3 aromatic rings. The van der Waals surface area contributed by atoms with E-state index >= 15 is 0 Å². The predicted octanol–water partition coefficient (Wildman–Crippen LogP) is 4.35. The average Bonchev–Trinajstić information content (AvgIpc) is 3.37. The van der Waals surface area contributed by atoms with Crippen LogP contribution in [-0.4, -0.2) is 68.9 Å². The lowest BCUT2D eigenvalue weighted by molar-refractivity contribution is 0.0329. The van der Waals surface area contributed by atoms with Crippen LogP contribution in [0.5, 0.6) is 5.75 Å². The lowest BCUT2D eigenvalue weighted by atomic mass is 9.86. The smallest absolute Gasteiger partial charge is 0.432 e. The van der Waals surface area contributed by atoms with Crippen molar-refractivity contribution < 1.29 is 19.4 Å². The molecule has 0 bridgehead atoms. The van der Waals surface area contributed by atoms with Gasteiger partial charge in [0.1, 0.15) is 12.4 Å². The van der Waals surface area contributed by atoms with E-state index < -0.39 is 6.09 Å². The normalized spacial score (nSPS) is 20.3. The number of nitrogens with zero attached hydrogens (tertiary/aromatic N) is 4. The predicted molar refractivity (Wildman–Crippen MR) is 131 cm³/mol. The first-order chi connectivity index (χ1) is 17.0. The second kappa shape index (κ2) is 10.1. The molecular weight excluding hydrogens is 468 g/mol. The highest BCUT2D eigenvalue weighted by Crippen LogP contribution is 2.34. The highest BCUT2D eigenvalue weighted by molar-refractivity contribution is 6.35. The molecule has 2 saturated heterocycles. The van der Waals surface area contributed by atoms with Crippen molar-refractivity contribution >= 4 is 23.6 Å². The molecule has 0 radical (unpaired) electrons. The number of halogens is 1. The second-order valence-electron chi connectivity index (χ2n) is 9.07. The monoisotopic (exact) mass is 494 g/mol. The number of carbonyl (C=O) groups is 2. The fourth-order valence-corrected chi connectivity index (χ4v) is 5.28. The van der Waals surface area contributed by atoms with Gasteiger partial charge in [0.25, 0.3) is 5.91 Å². The molecule has 9 heteroatoms. The van der Waals surface area contributed by atoms with Gasteiger partial charge in [0.15, 0.2) is 0 Å². The lowest BCUT2D eigenvalue weighted by Crippen LogP contribution is -2.57. The van der Waals surface area contributed by atoms with Crippen molar-refractivity contribution in [2.75, 3.05) is 26.2 Å². The minimum atomic E-state index is -1.17. The zero-order valence-corrected chi connectivity index (χ0v) is 20.0. The molecule has 8 nitrogen and oxygen atoms in total. The molecule has 1 aromatic heterocycles. The van der Waals surface area contributed by atoms with Gasteiger partial charge in [-0.2, -0.15) is 9.78 Å². The fraction of sp³-hybridized carbons (Fsp3) is 0.346. The van der Waals surface area contributed by atoms with Crippen molar-refractivity contribution in [1.82, 2.24) is 19.6 Å². The first-order valence-electron chi connectivity index (χ1n) is 11.8. The van der Waals surface area contributed by atoms with Crippen LogP contribution >= 0.6 is 11.6 Å². The second-order valence-corrected chi connectivity index (χ2v) is 9.44. The maximum Gasteiger partial charge on any atom is 0.432 e. The van der Waals surface area contributed by atoms with E-state index in [-0.39, 0.29) is 17.5 Å². The Kier molecular flexibility index (Phi) is 6.74. The molecule has 1 amide bonds. The maximum atomic E-state index is 13.4. The summed E-state index contributed by atoms with van der Waals surface area (Å²) in [5, 5.41) is 13.0. The first kappa shape index (κ1) is 23.4. The number of hydrogen-bond acceptors (Lipinski definition) is 5. The Labute approximate surface area is 208 Å². The number of piperidine rings is 1. The summed E-state index contributed by atoms with van der Waals surface area (Å²) in [7, 11) is 0. The Hall–Kier alpha value is -3.36. The summed E-state index contributed by atoms with van der Waals surface area (Å²) in [6, 6.07) is 16.2. The van der Waals surface area contributed by atoms with E-state index in [1.165, 1.54) is 18.0 Å². The van der Waals surface area contributed by atoms with Crippen LogP contribution < -0.4 is 4.74 Å². The van der Waals surface area contributed by atoms with Crippen LogP contribution in [0, 0.1) is 0 Å². The third-order valence-electron chi connectivity index (χ3n) is 6.89. The number of ether oxygens (including phenoxy) is 1. The average molecular weight is 495 g/mol. The molecule has 2 aliphatic heterocycles. The van der Waals surface area contributed by atoms with E-state index in [0.717, 1.165) is 30.6 Å². The van der Waals surface area contributed by atoms with Gasteiger partial charge in [-0.25, -0.2) is 4.79 Å². The van der Waals surface area contributed by atoms with Gasteiger partial charge in [-0.1, -0.05) is 48.0 Å². The Morgan fingerprint density at radius 2 is 1.89 bits per heavy atom. The highest BCUT2D eigenvalue weighted by atomic mass is 35.5. The number of fused-ring (bicyclic) bond motifs is 1. The van der Waals surface area contributed by atoms with Gasteiger partial charge >= 0.3 is 6.09 Å². The Bertz CT molecular complexity index is 1220. The Morgan fingerprint density at radius 1 is 1.06 bits per heavy atom. The van der Waals surface area contributed by atoms with Crippen LogP contribution in [0.2, 0.25) is 5.02 Å². The van der Waals surface area contributed by atoms with Crippen molar-refractivity contribution in [2.45, 2.75) is 31.4 Å². The number of amides is 1. The number of hydrogen-bond donors (Lipinski definition) is 1. The minimum absolute atomic E-state index is 0.0912. The van der Waals surface area contributed by atoms with E-state index in [1.807, 2.05) is 4.90 Å². The zero-order valence-electron chi connectivity index (χ0n) is 19.2. The first-order valence-corrected chi connectivity index (χ1v) is 12.1. The van der Waals surface area contributed by atoms with Crippen LogP contribution in [-0.2, 0) is 6.61 Å². The molecule has 0 spiro atoms. The van der Waals surface area contributed by atoms with E-state index in [0.29, 0.717) is 41.9 Å². The van der Waals surface area contributed by atoms with Gasteiger partial charge in [-0.15, -0.1) is 0 Å². The molecular formula is C26H27ClN4O4. The number of aromatic nitrogens is 2. The maximum absolute atomic E-state index is 13.4. The van der Waals surface area contributed by atoms with Crippen molar-refractivity contribution in [3.63, 3.8) is 0 Å².